The number of halogens is 2. The molecule has 0 spiro atoms. The summed E-state index contributed by atoms with van der Waals surface area (Å²) in [6.07, 6.45) is 1.59. The van der Waals surface area contributed by atoms with E-state index in [1.54, 1.807) is 25.3 Å². The van der Waals surface area contributed by atoms with Crippen molar-refractivity contribution < 1.29 is 9.53 Å². The van der Waals surface area contributed by atoms with Crippen LogP contribution in [0, 0.1) is 0 Å². The van der Waals surface area contributed by atoms with Crippen LogP contribution in [-0.4, -0.2) is 17.6 Å². The van der Waals surface area contributed by atoms with Crippen LogP contribution in [0.1, 0.15) is 18.0 Å². The highest BCUT2D eigenvalue weighted by atomic mass is 79.9. The van der Waals surface area contributed by atoms with E-state index in [0.29, 0.717) is 12.3 Å². The average Bonchev–Trinajstić information content (AvgIpc) is 2.18. The number of pyridine rings is 1. The molecular formula is C9H9BrClNO2. The molecular weight excluding hydrogens is 269 g/mol. The van der Waals surface area contributed by atoms with Gasteiger partial charge >= 0.3 is 5.97 Å². The third-order valence-corrected chi connectivity index (χ3v) is 2.37. The van der Waals surface area contributed by atoms with Crippen molar-refractivity contribution in [2.45, 2.75) is 12.3 Å². The standard InChI is InChI=1S/C9H9BrClNO2/c1-2-14-9(13)8(11)7-4-3-6(10)5-12-7/h3-5,8H,2H2,1H3. The van der Waals surface area contributed by atoms with Crippen molar-refractivity contribution in [1.82, 2.24) is 4.98 Å². The van der Waals surface area contributed by atoms with Gasteiger partial charge in [0.2, 0.25) is 0 Å². The van der Waals surface area contributed by atoms with Crippen molar-refractivity contribution in [3.8, 4) is 0 Å². The molecule has 3 nitrogen and oxygen atoms in total. The van der Waals surface area contributed by atoms with Crippen molar-refractivity contribution in [1.29, 1.82) is 0 Å². The molecule has 0 radical (unpaired) electrons. The highest BCUT2D eigenvalue weighted by Crippen LogP contribution is 2.21. The van der Waals surface area contributed by atoms with Crippen LogP contribution in [0.4, 0.5) is 0 Å². The predicted molar refractivity (Wildman–Crippen MR) is 57.2 cm³/mol. The van der Waals surface area contributed by atoms with Gasteiger partial charge in [-0.25, -0.2) is 0 Å². The van der Waals surface area contributed by atoms with Gasteiger partial charge in [-0.05, 0) is 35.0 Å². The molecule has 0 aliphatic carbocycles. The van der Waals surface area contributed by atoms with E-state index in [2.05, 4.69) is 20.9 Å². The molecule has 1 heterocycles. The van der Waals surface area contributed by atoms with Gasteiger partial charge in [-0.2, -0.15) is 0 Å². The Morgan fingerprint density at radius 1 is 1.71 bits per heavy atom. The fourth-order valence-electron chi connectivity index (χ4n) is 0.873. The fraction of sp³-hybridized carbons (Fsp3) is 0.333. The Bertz CT molecular complexity index is 315. The Hall–Kier alpha value is -0.610. The molecule has 5 heteroatoms. The van der Waals surface area contributed by atoms with E-state index in [1.165, 1.54) is 0 Å². The Morgan fingerprint density at radius 2 is 2.43 bits per heavy atom. The predicted octanol–water partition coefficient (Wildman–Crippen LogP) is 2.69. The summed E-state index contributed by atoms with van der Waals surface area (Å²) in [6, 6.07) is 3.45. The third kappa shape index (κ3) is 2.96. The minimum absolute atomic E-state index is 0.318. The van der Waals surface area contributed by atoms with Crippen molar-refractivity contribution >= 4 is 33.5 Å². The summed E-state index contributed by atoms with van der Waals surface area (Å²) in [5, 5.41) is -0.831. The number of ether oxygens (including phenoxy) is 1. The monoisotopic (exact) mass is 277 g/mol. The first kappa shape index (κ1) is 11.5. The second-order valence-corrected chi connectivity index (χ2v) is 3.87. The molecule has 0 aliphatic heterocycles. The lowest BCUT2D eigenvalue weighted by atomic mass is 10.3. The van der Waals surface area contributed by atoms with Crippen LogP contribution >= 0.6 is 27.5 Å². The van der Waals surface area contributed by atoms with Crippen LogP contribution in [0.2, 0.25) is 0 Å². The van der Waals surface area contributed by atoms with Crippen LogP contribution in [0.5, 0.6) is 0 Å². The number of hydrogen-bond acceptors (Lipinski definition) is 3. The molecule has 0 fully saturated rings. The van der Waals surface area contributed by atoms with E-state index in [4.69, 9.17) is 16.3 Å². The molecule has 0 N–H and O–H groups in total. The lowest BCUT2D eigenvalue weighted by molar-refractivity contribution is -0.142. The maximum absolute atomic E-state index is 11.2. The molecule has 0 saturated carbocycles. The van der Waals surface area contributed by atoms with Gasteiger partial charge in [-0.15, -0.1) is 11.6 Å². The largest absolute Gasteiger partial charge is 0.465 e. The summed E-state index contributed by atoms with van der Waals surface area (Å²) < 4.78 is 5.61. The highest BCUT2D eigenvalue weighted by Gasteiger charge is 2.19. The molecule has 1 aromatic heterocycles. The number of carbonyl (C=O) groups is 1. The number of nitrogens with zero attached hydrogens (tertiary/aromatic N) is 1. The number of alkyl halides is 1. The lowest BCUT2D eigenvalue weighted by Gasteiger charge is -2.07. The second kappa shape index (κ2) is 5.32. The van der Waals surface area contributed by atoms with Crippen molar-refractivity contribution in [3.05, 3.63) is 28.5 Å². The maximum Gasteiger partial charge on any atom is 0.330 e. The topological polar surface area (TPSA) is 39.2 Å². The van der Waals surface area contributed by atoms with Gasteiger partial charge in [0.15, 0.2) is 5.38 Å². The van der Waals surface area contributed by atoms with E-state index in [-0.39, 0.29) is 0 Å². The number of carbonyl (C=O) groups excluding carboxylic acids is 1. The zero-order valence-electron chi connectivity index (χ0n) is 7.54. The highest BCUT2D eigenvalue weighted by molar-refractivity contribution is 9.10. The Labute approximate surface area is 95.6 Å². The van der Waals surface area contributed by atoms with E-state index >= 15 is 0 Å². The summed E-state index contributed by atoms with van der Waals surface area (Å²) >= 11 is 9.08. The molecule has 0 saturated heterocycles. The van der Waals surface area contributed by atoms with Crippen LogP contribution in [0.25, 0.3) is 0 Å². The average molecular weight is 279 g/mol. The maximum atomic E-state index is 11.2. The van der Waals surface area contributed by atoms with E-state index in [1.807, 2.05) is 0 Å². The number of hydrogen-bond donors (Lipinski definition) is 0. The first-order valence-corrected chi connectivity index (χ1v) is 5.30. The molecule has 76 valence electrons. The first-order chi connectivity index (χ1) is 6.65. The SMILES string of the molecule is CCOC(=O)C(Cl)c1ccc(Br)cn1. The van der Waals surface area contributed by atoms with Crippen LogP contribution in [0.3, 0.4) is 0 Å². The summed E-state index contributed by atoms with van der Waals surface area (Å²) in [6.45, 7) is 2.05. The molecule has 1 aromatic rings. The van der Waals surface area contributed by atoms with Crippen LogP contribution in [-0.2, 0) is 9.53 Å². The molecule has 1 atom stereocenters. The molecule has 0 amide bonds. The third-order valence-electron chi connectivity index (χ3n) is 1.50. The molecule has 0 aliphatic rings. The summed E-state index contributed by atoms with van der Waals surface area (Å²) in [5.74, 6) is -0.469. The van der Waals surface area contributed by atoms with Crippen LogP contribution < -0.4 is 0 Å². The van der Waals surface area contributed by atoms with Gasteiger partial charge in [-0.1, -0.05) is 0 Å². The van der Waals surface area contributed by atoms with Crippen LogP contribution in [0.15, 0.2) is 22.8 Å². The summed E-state index contributed by atoms with van der Waals surface area (Å²) in [7, 11) is 0. The molecule has 14 heavy (non-hydrogen) atoms. The fourth-order valence-corrected chi connectivity index (χ4v) is 1.30. The van der Waals surface area contributed by atoms with Gasteiger partial charge in [0.05, 0.1) is 12.3 Å². The number of esters is 1. The van der Waals surface area contributed by atoms with Gasteiger partial charge in [0.25, 0.3) is 0 Å². The van der Waals surface area contributed by atoms with Crippen molar-refractivity contribution in [2.24, 2.45) is 0 Å². The zero-order chi connectivity index (χ0) is 10.6. The molecule has 1 unspecified atom stereocenters. The Balaban J connectivity index is 2.73. The Morgan fingerprint density at radius 3 is 2.93 bits per heavy atom. The molecule has 0 aromatic carbocycles. The number of rotatable bonds is 3. The van der Waals surface area contributed by atoms with Gasteiger partial charge in [-0.3, -0.25) is 9.78 Å². The van der Waals surface area contributed by atoms with Gasteiger partial charge in [0, 0.05) is 10.7 Å². The summed E-state index contributed by atoms with van der Waals surface area (Å²) in [4.78, 5) is 15.2. The smallest absolute Gasteiger partial charge is 0.330 e. The summed E-state index contributed by atoms with van der Waals surface area (Å²) in [5.41, 5.74) is 0.494. The zero-order valence-corrected chi connectivity index (χ0v) is 9.88. The van der Waals surface area contributed by atoms with Gasteiger partial charge < -0.3 is 4.74 Å². The van der Waals surface area contributed by atoms with E-state index < -0.39 is 11.3 Å². The normalized spacial score (nSPS) is 12.2. The minimum Gasteiger partial charge on any atom is -0.465 e. The quantitative estimate of drug-likeness (QED) is 0.630. The van der Waals surface area contributed by atoms with E-state index in [9.17, 15) is 4.79 Å². The van der Waals surface area contributed by atoms with Gasteiger partial charge in [0.1, 0.15) is 0 Å². The molecule has 1 rings (SSSR count). The second-order valence-electron chi connectivity index (χ2n) is 2.52. The lowest BCUT2D eigenvalue weighted by Crippen LogP contribution is -2.12. The number of aromatic nitrogens is 1. The molecule has 0 bridgehead atoms. The van der Waals surface area contributed by atoms with Crippen molar-refractivity contribution in [2.75, 3.05) is 6.61 Å². The van der Waals surface area contributed by atoms with E-state index in [0.717, 1.165) is 4.47 Å². The Kier molecular flexibility index (Phi) is 4.35. The van der Waals surface area contributed by atoms with Crippen molar-refractivity contribution in [3.63, 3.8) is 0 Å². The first-order valence-electron chi connectivity index (χ1n) is 4.07. The minimum atomic E-state index is -0.831.